The van der Waals surface area contributed by atoms with Gasteiger partial charge in [0.25, 0.3) is 0 Å². The van der Waals surface area contributed by atoms with E-state index in [1.807, 2.05) is 49.8 Å². The van der Waals surface area contributed by atoms with E-state index in [9.17, 15) is 0 Å². The van der Waals surface area contributed by atoms with Crippen LogP contribution in [0.4, 0.5) is 0 Å². The molecule has 3 aromatic rings. The molecule has 0 atom stereocenters. The van der Waals surface area contributed by atoms with E-state index in [2.05, 4.69) is 20.8 Å². The van der Waals surface area contributed by atoms with Gasteiger partial charge in [0, 0.05) is 41.6 Å². The van der Waals surface area contributed by atoms with Crippen molar-refractivity contribution >= 4 is 16.7 Å². The van der Waals surface area contributed by atoms with Crippen LogP contribution < -0.4 is 5.73 Å². The number of aromatic nitrogens is 2. The quantitative estimate of drug-likeness (QED) is 0.335. The van der Waals surface area contributed by atoms with Crippen molar-refractivity contribution < 1.29 is 5.21 Å². The van der Waals surface area contributed by atoms with Crippen LogP contribution in [0.1, 0.15) is 16.7 Å². The van der Waals surface area contributed by atoms with E-state index in [-0.39, 0.29) is 5.84 Å². The molecule has 106 valence electrons. The number of pyridine rings is 1. The summed E-state index contributed by atoms with van der Waals surface area (Å²) in [4.78, 5) is 4.22. The van der Waals surface area contributed by atoms with Crippen LogP contribution in [0.25, 0.3) is 10.9 Å². The molecule has 3 N–H and O–H groups in total. The summed E-state index contributed by atoms with van der Waals surface area (Å²) in [6, 6.07) is 9.89. The highest BCUT2D eigenvalue weighted by Crippen LogP contribution is 2.19. The SMILES string of the molecule is Cc1cncc(Cn2ccc3cc(/C(N)=N/O)ccc32)c1. The van der Waals surface area contributed by atoms with E-state index < -0.39 is 0 Å². The fourth-order valence-corrected chi connectivity index (χ4v) is 2.46. The molecule has 0 unspecified atom stereocenters. The second-order valence-corrected chi connectivity index (χ2v) is 5.07. The molecule has 2 heterocycles. The monoisotopic (exact) mass is 280 g/mol. The van der Waals surface area contributed by atoms with Crippen molar-refractivity contribution in [2.24, 2.45) is 10.9 Å². The lowest BCUT2D eigenvalue weighted by molar-refractivity contribution is 0.318. The Morgan fingerprint density at radius 2 is 2.14 bits per heavy atom. The second-order valence-electron chi connectivity index (χ2n) is 5.07. The van der Waals surface area contributed by atoms with E-state index in [1.54, 1.807) is 0 Å². The molecule has 0 saturated carbocycles. The average molecular weight is 280 g/mol. The van der Waals surface area contributed by atoms with Gasteiger partial charge in [0.15, 0.2) is 5.84 Å². The minimum atomic E-state index is 0.118. The Labute approximate surface area is 122 Å². The van der Waals surface area contributed by atoms with E-state index in [0.29, 0.717) is 5.56 Å². The van der Waals surface area contributed by atoms with Crippen LogP contribution >= 0.6 is 0 Å². The maximum Gasteiger partial charge on any atom is 0.170 e. The highest BCUT2D eigenvalue weighted by molar-refractivity contribution is 6.00. The molecule has 0 radical (unpaired) electrons. The van der Waals surface area contributed by atoms with Crippen molar-refractivity contribution in [1.29, 1.82) is 0 Å². The van der Waals surface area contributed by atoms with Gasteiger partial charge in [-0.3, -0.25) is 4.98 Å². The van der Waals surface area contributed by atoms with Crippen molar-refractivity contribution in [3.05, 3.63) is 65.6 Å². The third kappa shape index (κ3) is 2.58. The van der Waals surface area contributed by atoms with Crippen LogP contribution in [0.5, 0.6) is 0 Å². The number of benzene rings is 1. The number of nitrogens with two attached hydrogens (primary N) is 1. The summed E-state index contributed by atoms with van der Waals surface area (Å²) in [7, 11) is 0. The van der Waals surface area contributed by atoms with Crippen molar-refractivity contribution in [3.63, 3.8) is 0 Å². The summed E-state index contributed by atoms with van der Waals surface area (Å²) in [6.45, 7) is 2.80. The minimum absolute atomic E-state index is 0.118. The summed E-state index contributed by atoms with van der Waals surface area (Å²) >= 11 is 0. The van der Waals surface area contributed by atoms with E-state index in [0.717, 1.165) is 28.6 Å². The van der Waals surface area contributed by atoms with Crippen LogP contribution in [0.15, 0.2) is 54.1 Å². The molecular formula is C16H16N4O. The number of oxime groups is 1. The molecule has 5 heteroatoms. The number of hydrogen-bond donors (Lipinski definition) is 2. The Bertz CT molecular complexity index is 820. The zero-order valence-electron chi connectivity index (χ0n) is 11.7. The molecular weight excluding hydrogens is 264 g/mol. The number of amidine groups is 1. The van der Waals surface area contributed by atoms with Crippen LogP contribution in [-0.2, 0) is 6.54 Å². The third-order valence-corrected chi connectivity index (χ3v) is 3.46. The van der Waals surface area contributed by atoms with Gasteiger partial charge in [-0.1, -0.05) is 11.2 Å². The Balaban J connectivity index is 1.97. The van der Waals surface area contributed by atoms with Gasteiger partial charge < -0.3 is 15.5 Å². The van der Waals surface area contributed by atoms with Crippen LogP contribution in [-0.4, -0.2) is 20.6 Å². The van der Waals surface area contributed by atoms with Gasteiger partial charge in [0.2, 0.25) is 0 Å². The maximum absolute atomic E-state index is 8.74. The van der Waals surface area contributed by atoms with Gasteiger partial charge in [-0.25, -0.2) is 0 Å². The predicted molar refractivity (Wildman–Crippen MR) is 82.5 cm³/mol. The van der Waals surface area contributed by atoms with Crippen LogP contribution in [0, 0.1) is 6.92 Å². The van der Waals surface area contributed by atoms with Crippen molar-refractivity contribution in [1.82, 2.24) is 9.55 Å². The Kier molecular flexibility index (Phi) is 3.31. The molecule has 0 saturated heterocycles. The van der Waals surface area contributed by atoms with Crippen LogP contribution in [0.3, 0.4) is 0 Å². The molecule has 2 aromatic heterocycles. The predicted octanol–water partition coefficient (Wildman–Crippen LogP) is 2.49. The van der Waals surface area contributed by atoms with Gasteiger partial charge in [-0.2, -0.15) is 0 Å². The third-order valence-electron chi connectivity index (χ3n) is 3.46. The zero-order chi connectivity index (χ0) is 14.8. The molecule has 0 aliphatic heterocycles. The maximum atomic E-state index is 8.74. The van der Waals surface area contributed by atoms with Crippen molar-refractivity contribution in [2.45, 2.75) is 13.5 Å². The smallest absolute Gasteiger partial charge is 0.170 e. The molecule has 0 spiro atoms. The number of hydrogen-bond acceptors (Lipinski definition) is 3. The summed E-state index contributed by atoms with van der Waals surface area (Å²) in [5.41, 5.74) is 9.74. The number of fused-ring (bicyclic) bond motifs is 1. The lowest BCUT2D eigenvalue weighted by Gasteiger charge is -2.07. The average Bonchev–Trinajstić information content (AvgIpc) is 2.89. The van der Waals surface area contributed by atoms with Gasteiger partial charge >= 0.3 is 0 Å². The normalized spacial score (nSPS) is 12.0. The molecule has 1 aromatic carbocycles. The summed E-state index contributed by atoms with van der Waals surface area (Å²) in [5, 5.41) is 12.8. The summed E-state index contributed by atoms with van der Waals surface area (Å²) < 4.78 is 2.15. The highest BCUT2D eigenvalue weighted by Gasteiger charge is 2.05. The fourth-order valence-electron chi connectivity index (χ4n) is 2.46. The van der Waals surface area contributed by atoms with Gasteiger partial charge in [0.05, 0.1) is 0 Å². The van der Waals surface area contributed by atoms with Gasteiger partial charge in [-0.15, -0.1) is 0 Å². The molecule has 0 bridgehead atoms. The zero-order valence-corrected chi connectivity index (χ0v) is 11.7. The van der Waals surface area contributed by atoms with E-state index in [1.165, 1.54) is 0 Å². The Hall–Kier alpha value is -2.82. The highest BCUT2D eigenvalue weighted by atomic mass is 16.4. The van der Waals surface area contributed by atoms with Crippen LogP contribution in [0.2, 0.25) is 0 Å². The summed E-state index contributed by atoms with van der Waals surface area (Å²) in [5.74, 6) is 0.118. The Morgan fingerprint density at radius 1 is 1.29 bits per heavy atom. The topological polar surface area (TPSA) is 76.4 Å². The second kappa shape index (κ2) is 5.28. The largest absolute Gasteiger partial charge is 0.409 e. The number of aryl methyl sites for hydroxylation is 1. The first-order valence-electron chi connectivity index (χ1n) is 6.65. The Morgan fingerprint density at radius 3 is 2.90 bits per heavy atom. The number of nitrogens with zero attached hydrogens (tertiary/aromatic N) is 3. The molecule has 5 nitrogen and oxygen atoms in total. The van der Waals surface area contributed by atoms with Crippen molar-refractivity contribution in [2.75, 3.05) is 0 Å². The van der Waals surface area contributed by atoms with Crippen molar-refractivity contribution in [3.8, 4) is 0 Å². The van der Waals surface area contributed by atoms with E-state index >= 15 is 0 Å². The minimum Gasteiger partial charge on any atom is -0.409 e. The molecule has 0 fully saturated rings. The molecule has 0 aliphatic rings. The first kappa shape index (κ1) is 13.2. The number of rotatable bonds is 3. The first-order chi connectivity index (χ1) is 10.2. The summed E-state index contributed by atoms with van der Waals surface area (Å²) in [6.07, 6.45) is 5.76. The lowest BCUT2D eigenvalue weighted by atomic mass is 10.1. The first-order valence-corrected chi connectivity index (χ1v) is 6.65. The molecule has 0 aliphatic carbocycles. The fraction of sp³-hybridized carbons (Fsp3) is 0.125. The molecule has 0 amide bonds. The van der Waals surface area contributed by atoms with Gasteiger partial charge in [0.1, 0.15) is 0 Å². The molecule has 3 rings (SSSR count). The van der Waals surface area contributed by atoms with Gasteiger partial charge in [-0.05, 0) is 42.3 Å². The standard InChI is InChI=1S/C16H16N4O/c1-11-6-12(9-18-8-11)10-20-5-4-13-7-14(16(17)19-21)2-3-15(13)20/h2-9,21H,10H2,1H3,(H2,17,19). The van der Waals surface area contributed by atoms with E-state index in [4.69, 9.17) is 10.9 Å². The molecule has 21 heavy (non-hydrogen) atoms. The lowest BCUT2D eigenvalue weighted by Crippen LogP contribution is -2.12.